The van der Waals surface area contributed by atoms with Crippen LogP contribution in [0.15, 0.2) is 65.8 Å². The van der Waals surface area contributed by atoms with Crippen LogP contribution in [-0.2, 0) is 36.9 Å². The average Bonchev–Trinajstić information content (AvgIpc) is 3.18. The van der Waals surface area contributed by atoms with Gasteiger partial charge < -0.3 is 23.7 Å². The molecule has 8 heteroatoms. The third-order valence-electron chi connectivity index (χ3n) is 5.31. The fourth-order valence-electron chi connectivity index (χ4n) is 4.07. The van der Waals surface area contributed by atoms with Crippen LogP contribution in [0.3, 0.4) is 0 Å². The maximum absolute atomic E-state index is 8.88. The molecule has 2 aliphatic heterocycles. The highest BCUT2D eigenvalue weighted by Gasteiger charge is 2.65. The highest BCUT2D eigenvalue weighted by molar-refractivity contribution is 5.15. The summed E-state index contributed by atoms with van der Waals surface area (Å²) in [6.07, 6.45) is -1.45. The molecule has 4 rings (SSSR count). The van der Waals surface area contributed by atoms with E-state index in [0.29, 0.717) is 13.2 Å². The molecular weight excluding hydrogens is 398 g/mol. The van der Waals surface area contributed by atoms with Gasteiger partial charge in [-0.05, 0) is 30.5 Å². The van der Waals surface area contributed by atoms with E-state index < -0.39 is 29.9 Å². The zero-order valence-corrected chi connectivity index (χ0v) is 17.7. The van der Waals surface area contributed by atoms with Gasteiger partial charge in [0.25, 0.3) is 0 Å². The van der Waals surface area contributed by atoms with E-state index in [4.69, 9.17) is 29.2 Å². The molecule has 0 amide bonds. The summed E-state index contributed by atoms with van der Waals surface area (Å²) in [6.45, 7) is 4.73. The molecule has 0 bridgehead atoms. The number of rotatable bonds is 9. The Balaban J connectivity index is 1.50. The quantitative estimate of drug-likeness (QED) is 0.338. The smallest absolute Gasteiger partial charge is 0.206 e. The summed E-state index contributed by atoms with van der Waals surface area (Å²) in [7, 11) is 0. The monoisotopic (exact) mass is 425 g/mol. The Morgan fingerprint density at radius 2 is 1.61 bits per heavy atom. The van der Waals surface area contributed by atoms with Gasteiger partial charge in [-0.2, -0.15) is 0 Å². The molecule has 8 nitrogen and oxygen atoms in total. The van der Waals surface area contributed by atoms with Crippen LogP contribution in [0.2, 0.25) is 0 Å². The van der Waals surface area contributed by atoms with Gasteiger partial charge in [0, 0.05) is 4.91 Å². The molecule has 2 aromatic rings. The van der Waals surface area contributed by atoms with Crippen LogP contribution in [0.5, 0.6) is 0 Å². The van der Waals surface area contributed by atoms with E-state index in [1.807, 2.05) is 74.5 Å². The third kappa shape index (κ3) is 5.07. The Hall–Kier alpha value is -2.45. The second-order valence-electron chi connectivity index (χ2n) is 8.16. The van der Waals surface area contributed by atoms with Crippen molar-refractivity contribution >= 4 is 0 Å². The average molecular weight is 425 g/mol. The summed E-state index contributed by atoms with van der Waals surface area (Å²) in [6, 6.07) is 19.8. The van der Waals surface area contributed by atoms with Crippen molar-refractivity contribution in [3.05, 3.63) is 82.2 Å². The zero-order valence-electron chi connectivity index (χ0n) is 17.7. The van der Waals surface area contributed by atoms with Gasteiger partial charge in [-0.1, -0.05) is 65.8 Å². The molecule has 0 unspecified atom stereocenters. The molecule has 2 heterocycles. The number of hydrogen-bond donors (Lipinski definition) is 0. The highest BCUT2D eigenvalue weighted by Crippen LogP contribution is 2.47. The third-order valence-corrected chi connectivity index (χ3v) is 5.31. The Bertz CT molecular complexity index is 904. The van der Waals surface area contributed by atoms with Gasteiger partial charge in [0.15, 0.2) is 5.79 Å². The predicted octanol–water partition coefficient (Wildman–Crippen LogP) is 4.35. The minimum absolute atomic E-state index is 0.0159. The largest absolute Gasteiger partial charge is 0.374 e. The topological polar surface area (TPSA) is 94.9 Å². The van der Waals surface area contributed by atoms with E-state index >= 15 is 0 Å². The van der Waals surface area contributed by atoms with E-state index in [1.165, 1.54) is 0 Å². The number of hydrogen-bond acceptors (Lipinski definition) is 6. The van der Waals surface area contributed by atoms with Gasteiger partial charge in [0.1, 0.15) is 18.3 Å². The summed E-state index contributed by atoms with van der Waals surface area (Å²) in [5.74, 6) is -2.10. The van der Waals surface area contributed by atoms with Crippen LogP contribution in [0, 0.1) is 0 Å². The van der Waals surface area contributed by atoms with Crippen molar-refractivity contribution < 1.29 is 23.7 Å². The lowest BCUT2D eigenvalue weighted by molar-refractivity contribution is -0.264. The first-order valence-corrected chi connectivity index (χ1v) is 10.4. The number of nitrogens with zero attached hydrogens (tertiary/aromatic N) is 3. The Labute approximate surface area is 181 Å². The van der Waals surface area contributed by atoms with Gasteiger partial charge >= 0.3 is 0 Å². The lowest BCUT2D eigenvalue weighted by atomic mass is 10.0. The SMILES string of the molecule is CC1(C)O[C@H]2[C@H](OCc3ccccc3)[C@H](COCc3ccccc3)O[C@@]2(CN=[N+]=[N-])O1. The molecule has 2 saturated heterocycles. The molecule has 31 heavy (non-hydrogen) atoms. The normalized spacial score (nSPS) is 28.8. The van der Waals surface area contributed by atoms with E-state index in [1.54, 1.807) is 0 Å². The summed E-state index contributed by atoms with van der Waals surface area (Å²) >= 11 is 0. The van der Waals surface area contributed by atoms with E-state index in [-0.39, 0.29) is 13.2 Å². The van der Waals surface area contributed by atoms with Gasteiger partial charge in [0.05, 0.1) is 26.4 Å². The fourth-order valence-corrected chi connectivity index (χ4v) is 4.07. The second-order valence-corrected chi connectivity index (χ2v) is 8.16. The van der Waals surface area contributed by atoms with Crippen molar-refractivity contribution in [3.63, 3.8) is 0 Å². The first-order chi connectivity index (χ1) is 15.0. The van der Waals surface area contributed by atoms with Crippen LogP contribution in [0.1, 0.15) is 25.0 Å². The number of azide groups is 1. The standard InChI is InChI=1S/C23H27N3O5/c1-22(2)30-21-20(28-14-18-11-7-4-8-12-18)19(29-23(21,31-22)16-25-26-24)15-27-13-17-9-5-3-6-10-17/h3-12,19-21H,13-16H2,1-2H3/t19-,20+,21-,23-/m0/s1. The predicted molar refractivity (Wildman–Crippen MR) is 113 cm³/mol. The van der Waals surface area contributed by atoms with Crippen molar-refractivity contribution in [2.75, 3.05) is 13.2 Å². The molecule has 0 saturated carbocycles. The van der Waals surface area contributed by atoms with E-state index in [9.17, 15) is 0 Å². The summed E-state index contributed by atoms with van der Waals surface area (Å²) in [5.41, 5.74) is 11.0. The van der Waals surface area contributed by atoms with E-state index in [0.717, 1.165) is 11.1 Å². The molecule has 2 aromatic carbocycles. The van der Waals surface area contributed by atoms with Gasteiger partial charge in [-0.15, -0.1) is 0 Å². The minimum atomic E-state index is -1.21. The van der Waals surface area contributed by atoms with Crippen LogP contribution >= 0.6 is 0 Å². The first-order valence-electron chi connectivity index (χ1n) is 10.4. The fraction of sp³-hybridized carbons (Fsp3) is 0.478. The number of benzene rings is 2. The Morgan fingerprint density at radius 1 is 0.968 bits per heavy atom. The molecule has 0 aromatic heterocycles. The van der Waals surface area contributed by atoms with Crippen LogP contribution < -0.4 is 0 Å². The molecule has 4 atom stereocenters. The molecule has 2 aliphatic rings. The minimum Gasteiger partial charge on any atom is -0.374 e. The molecule has 0 N–H and O–H groups in total. The van der Waals surface area contributed by atoms with Crippen molar-refractivity contribution in [2.45, 2.75) is 56.9 Å². The molecule has 0 radical (unpaired) electrons. The number of ether oxygens (including phenoxy) is 5. The lowest BCUT2D eigenvalue weighted by Crippen LogP contribution is -2.44. The summed E-state index contributed by atoms with van der Waals surface area (Å²) < 4.78 is 30.7. The summed E-state index contributed by atoms with van der Waals surface area (Å²) in [4.78, 5) is 2.88. The van der Waals surface area contributed by atoms with Crippen molar-refractivity contribution in [3.8, 4) is 0 Å². The lowest BCUT2D eigenvalue weighted by Gasteiger charge is -2.27. The summed E-state index contributed by atoms with van der Waals surface area (Å²) in [5, 5.41) is 3.72. The van der Waals surface area contributed by atoms with Gasteiger partial charge in [0.2, 0.25) is 5.79 Å². The zero-order chi connectivity index (χ0) is 21.7. The van der Waals surface area contributed by atoms with Crippen LogP contribution in [-0.4, -0.2) is 43.0 Å². The van der Waals surface area contributed by atoms with Crippen LogP contribution in [0.25, 0.3) is 10.4 Å². The second kappa shape index (κ2) is 9.36. The maximum atomic E-state index is 8.88. The van der Waals surface area contributed by atoms with Crippen molar-refractivity contribution in [2.24, 2.45) is 5.11 Å². The first kappa shape index (κ1) is 21.8. The van der Waals surface area contributed by atoms with Crippen molar-refractivity contribution in [1.29, 1.82) is 0 Å². The van der Waals surface area contributed by atoms with Crippen LogP contribution in [0.4, 0.5) is 0 Å². The van der Waals surface area contributed by atoms with E-state index in [2.05, 4.69) is 10.0 Å². The Morgan fingerprint density at radius 3 is 2.26 bits per heavy atom. The molecular formula is C23H27N3O5. The highest BCUT2D eigenvalue weighted by atomic mass is 16.9. The molecule has 164 valence electrons. The molecule has 2 fully saturated rings. The molecule has 0 aliphatic carbocycles. The Kier molecular flexibility index (Phi) is 6.57. The van der Waals surface area contributed by atoms with Gasteiger partial charge in [-0.3, -0.25) is 0 Å². The molecule has 0 spiro atoms. The van der Waals surface area contributed by atoms with Gasteiger partial charge in [-0.25, -0.2) is 0 Å². The maximum Gasteiger partial charge on any atom is 0.206 e. The number of fused-ring (bicyclic) bond motifs is 1. The van der Waals surface area contributed by atoms with Crippen molar-refractivity contribution in [1.82, 2.24) is 0 Å².